The first-order valence-electron chi connectivity index (χ1n) is 6.76. The number of rotatable bonds is 5. The molecule has 0 unspecified atom stereocenters. The Balaban J connectivity index is 2.70. The fourth-order valence-corrected chi connectivity index (χ4v) is 2.81. The van der Waals surface area contributed by atoms with Crippen molar-refractivity contribution < 1.29 is 4.74 Å². The Morgan fingerprint density at radius 3 is 2.71 bits per heavy atom. The van der Waals surface area contributed by atoms with Crippen LogP contribution < -0.4 is 10.5 Å². The Morgan fingerprint density at radius 2 is 2.05 bits per heavy atom. The molecule has 1 aromatic carbocycles. The van der Waals surface area contributed by atoms with Gasteiger partial charge in [0.15, 0.2) is 4.77 Å². The van der Waals surface area contributed by atoms with Crippen LogP contribution in [0.1, 0.15) is 12.0 Å². The summed E-state index contributed by atoms with van der Waals surface area (Å²) >= 11 is 10.7. The highest BCUT2D eigenvalue weighted by molar-refractivity contribution is 7.72. The molecular weight excluding hydrogens is 302 g/mol. The Hall–Kier alpha value is -1.50. The van der Waals surface area contributed by atoms with Crippen molar-refractivity contribution in [3.63, 3.8) is 0 Å². The number of hydrogen-bond donors (Lipinski definition) is 2. The first-order chi connectivity index (χ1) is 10.1. The van der Waals surface area contributed by atoms with Gasteiger partial charge in [-0.25, -0.2) is 0 Å². The summed E-state index contributed by atoms with van der Waals surface area (Å²) in [5, 5.41) is 0. The predicted octanol–water partition coefficient (Wildman–Crippen LogP) is 3.61. The number of aromatic nitrogens is 2. The molecule has 0 aliphatic carbocycles. The second-order valence-electron chi connectivity index (χ2n) is 4.82. The Labute approximate surface area is 134 Å². The maximum atomic E-state index is 5.62. The maximum Gasteiger partial charge on any atom is 0.178 e. The Morgan fingerprint density at radius 1 is 1.29 bits per heavy atom. The second-order valence-corrected chi connectivity index (χ2v) is 5.65. The van der Waals surface area contributed by atoms with Crippen LogP contribution in [-0.4, -0.2) is 23.2 Å². The van der Waals surface area contributed by atoms with Crippen molar-refractivity contribution in [1.82, 2.24) is 9.55 Å². The van der Waals surface area contributed by atoms with Gasteiger partial charge in [0.25, 0.3) is 0 Å². The molecule has 0 spiro atoms. The first-order valence-corrected chi connectivity index (χ1v) is 7.57. The van der Waals surface area contributed by atoms with Crippen molar-refractivity contribution >= 4 is 24.4 Å². The van der Waals surface area contributed by atoms with E-state index in [-0.39, 0.29) is 0 Å². The van der Waals surface area contributed by atoms with E-state index < -0.39 is 0 Å². The van der Waals surface area contributed by atoms with Gasteiger partial charge in [-0.1, -0.05) is 23.8 Å². The average molecular weight is 321 g/mol. The zero-order valence-corrected chi connectivity index (χ0v) is 13.8. The first kappa shape index (κ1) is 15.9. The topological polar surface area (TPSA) is 56.0 Å². The molecule has 1 heterocycles. The van der Waals surface area contributed by atoms with E-state index in [9.17, 15) is 0 Å². The molecule has 1 aromatic heterocycles. The summed E-state index contributed by atoms with van der Waals surface area (Å²) in [5.74, 6) is 0.803. The molecule has 0 radical (unpaired) electrons. The van der Waals surface area contributed by atoms with Crippen LogP contribution in [0, 0.1) is 16.3 Å². The van der Waals surface area contributed by atoms with Crippen molar-refractivity contribution in [3.8, 4) is 17.0 Å². The molecule has 0 atom stereocenters. The summed E-state index contributed by atoms with van der Waals surface area (Å²) in [6.07, 6.45) is 0.847. The van der Waals surface area contributed by atoms with Crippen LogP contribution in [0.4, 0.5) is 0 Å². The molecule has 21 heavy (non-hydrogen) atoms. The van der Waals surface area contributed by atoms with E-state index in [0.29, 0.717) is 16.0 Å². The Bertz CT molecular complexity index is 749. The number of H-pyrrole nitrogens is 1. The number of aromatic amines is 1. The smallest absolute Gasteiger partial charge is 0.178 e. The average Bonchev–Trinajstić information content (AvgIpc) is 2.45. The van der Waals surface area contributed by atoms with Crippen molar-refractivity contribution in [2.45, 2.75) is 19.9 Å². The van der Waals surface area contributed by atoms with E-state index in [1.807, 2.05) is 29.7 Å². The number of benzene rings is 1. The molecule has 0 aliphatic heterocycles. The lowest BCUT2D eigenvalue weighted by atomic mass is 10.1. The summed E-state index contributed by atoms with van der Waals surface area (Å²) in [7, 11) is 1.66. The summed E-state index contributed by atoms with van der Waals surface area (Å²) in [5.41, 5.74) is 8.72. The summed E-state index contributed by atoms with van der Waals surface area (Å²) in [6.45, 7) is 3.40. The molecule has 0 bridgehead atoms. The number of methoxy groups -OCH3 is 1. The standard InChI is InChI=1S/C15H19N3OS2/c1-10-4-5-13(19-2)11(8-10)12-9-14(20)17-15(21)18(12)7-3-6-16/h4-5,8-9H,3,6-7,16H2,1-2H3,(H,17,20,21). The zero-order valence-electron chi connectivity index (χ0n) is 12.2. The molecule has 112 valence electrons. The highest BCUT2D eigenvalue weighted by Crippen LogP contribution is 2.31. The van der Waals surface area contributed by atoms with Gasteiger partial charge in [-0.05, 0) is 50.3 Å². The third-order valence-electron chi connectivity index (χ3n) is 3.25. The van der Waals surface area contributed by atoms with Crippen molar-refractivity contribution in [3.05, 3.63) is 39.2 Å². The lowest BCUT2D eigenvalue weighted by molar-refractivity contribution is 0.415. The van der Waals surface area contributed by atoms with Crippen molar-refractivity contribution in [1.29, 1.82) is 0 Å². The molecule has 4 nitrogen and oxygen atoms in total. The molecule has 0 saturated heterocycles. The predicted molar refractivity (Wildman–Crippen MR) is 90.8 cm³/mol. The number of ether oxygens (including phenoxy) is 1. The third-order valence-corrected chi connectivity index (χ3v) is 3.79. The minimum Gasteiger partial charge on any atom is -0.496 e. The van der Waals surface area contributed by atoms with Gasteiger partial charge in [-0.15, -0.1) is 0 Å². The SMILES string of the molecule is COc1ccc(C)cc1-c1cc(=S)[nH]c(=S)n1CCCN. The minimum absolute atomic E-state index is 0.606. The monoisotopic (exact) mass is 321 g/mol. The van der Waals surface area contributed by atoms with Crippen LogP contribution in [0.25, 0.3) is 11.3 Å². The quantitative estimate of drug-likeness (QED) is 0.826. The highest BCUT2D eigenvalue weighted by Gasteiger charge is 2.11. The van der Waals surface area contributed by atoms with Crippen LogP contribution in [0.15, 0.2) is 24.3 Å². The molecule has 0 fully saturated rings. The normalized spacial score (nSPS) is 10.6. The van der Waals surface area contributed by atoms with Gasteiger partial charge in [0, 0.05) is 12.1 Å². The van der Waals surface area contributed by atoms with Gasteiger partial charge in [-0.2, -0.15) is 0 Å². The molecule has 3 N–H and O–H groups in total. The van der Waals surface area contributed by atoms with Gasteiger partial charge in [0.1, 0.15) is 10.4 Å². The fraction of sp³-hybridized carbons (Fsp3) is 0.333. The van der Waals surface area contributed by atoms with E-state index in [4.69, 9.17) is 34.9 Å². The maximum absolute atomic E-state index is 5.62. The van der Waals surface area contributed by atoms with Gasteiger partial charge in [-0.3, -0.25) is 0 Å². The van der Waals surface area contributed by atoms with Crippen molar-refractivity contribution in [2.75, 3.05) is 13.7 Å². The molecule has 0 aliphatic rings. The molecule has 2 aromatic rings. The zero-order chi connectivity index (χ0) is 15.4. The van der Waals surface area contributed by atoms with E-state index in [1.165, 1.54) is 0 Å². The minimum atomic E-state index is 0.606. The van der Waals surface area contributed by atoms with E-state index in [1.54, 1.807) is 7.11 Å². The molecule has 2 rings (SSSR count). The number of nitrogens with two attached hydrogens (primary N) is 1. The summed E-state index contributed by atoms with van der Waals surface area (Å²) in [6, 6.07) is 7.97. The number of nitrogens with zero attached hydrogens (tertiary/aromatic N) is 1. The van der Waals surface area contributed by atoms with Gasteiger partial charge in [0.05, 0.1) is 12.8 Å². The van der Waals surface area contributed by atoms with Crippen LogP contribution in [0.5, 0.6) is 5.75 Å². The molecule has 6 heteroatoms. The molecular formula is C15H19N3OS2. The van der Waals surface area contributed by atoms with E-state index in [2.05, 4.69) is 11.1 Å². The third kappa shape index (κ3) is 3.58. The van der Waals surface area contributed by atoms with Gasteiger partial charge < -0.3 is 20.0 Å². The highest BCUT2D eigenvalue weighted by atomic mass is 32.1. The lowest BCUT2D eigenvalue weighted by Gasteiger charge is -2.16. The van der Waals surface area contributed by atoms with Crippen LogP contribution in [-0.2, 0) is 6.54 Å². The second kappa shape index (κ2) is 6.98. The summed E-state index contributed by atoms with van der Waals surface area (Å²) in [4.78, 5) is 3.02. The number of nitrogens with one attached hydrogen (secondary N) is 1. The Kier molecular flexibility index (Phi) is 5.27. The molecule has 0 saturated carbocycles. The molecule has 0 amide bonds. The van der Waals surface area contributed by atoms with Crippen molar-refractivity contribution in [2.24, 2.45) is 5.73 Å². The van der Waals surface area contributed by atoms with E-state index in [0.717, 1.165) is 35.5 Å². The fourth-order valence-electron chi connectivity index (χ4n) is 2.24. The van der Waals surface area contributed by atoms with Crippen LogP contribution in [0.3, 0.4) is 0 Å². The van der Waals surface area contributed by atoms with Gasteiger partial charge in [0.2, 0.25) is 0 Å². The van der Waals surface area contributed by atoms with Gasteiger partial charge >= 0.3 is 0 Å². The largest absolute Gasteiger partial charge is 0.496 e. The van der Waals surface area contributed by atoms with Crippen LogP contribution in [0.2, 0.25) is 0 Å². The van der Waals surface area contributed by atoms with Crippen LogP contribution >= 0.6 is 24.4 Å². The number of aryl methyl sites for hydroxylation is 1. The summed E-state index contributed by atoms with van der Waals surface area (Å²) < 4.78 is 8.72. The number of hydrogen-bond acceptors (Lipinski definition) is 4. The lowest BCUT2D eigenvalue weighted by Crippen LogP contribution is -2.11. The van der Waals surface area contributed by atoms with E-state index >= 15 is 0 Å².